The second kappa shape index (κ2) is 11.7. The number of carboxylic acid groups (broad SMARTS) is 1. The van der Waals surface area contributed by atoms with Crippen molar-refractivity contribution in [3.8, 4) is 23.3 Å². The first-order chi connectivity index (χ1) is 16.0. The predicted octanol–water partition coefficient (Wildman–Crippen LogP) is 2.07. The maximum absolute atomic E-state index is 12.8. The van der Waals surface area contributed by atoms with Crippen molar-refractivity contribution < 1.29 is 24.2 Å². The lowest BCUT2D eigenvalue weighted by Gasteiger charge is -2.20. The Bertz CT molecular complexity index is 1050. The molecule has 0 spiro atoms. The number of nitrogens with one attached hydrogen (secondary N) is 1. The van der Waals surface area contributed by atoms with Crippen LogP contribution in [0.15, 0.2) is 36.5 Å². The SMILES string of the molecule is COc1ccc(CNCC#Cc2ccnc(C(=O)N3CCCN(C(=O)O)CC3)c2)c(OC)c1. The molecule has 1 saturated heterocycles. The van der Waals surface area contributed by atoms with E-state index in [0.29, 0.717) is 56.9 Å². The fourth-order valence-corrected chi connectivity index (χ4v) is 3.50. The summed E-state index contributed by atoms with van der Waals surface area (Å²) in [6.07, 6.45) is 1.20. The number of aromatic nitrogens is 1. The number of pyridine rings is 1. The van der Waals surface area contributed by atoms with Gasteiger partial charge in [-0.2, -0.15) is 0 Å². The monoisotopic (exact) mass is 452 g/mol. The highest BCUT2D eigenvalue weighted by molar-refractivity contribution is 5.92. The average molecular weight is 453 g/mol. The van der Waals surface area contributed by atoms with Gasteiger partial charge in [0.2, 0.25) is 0 Å². The molecule has 1 aliphatic rings. The third-order valence-corrected chi connectivity index (χ3v) is 5.29. The molecule has 9 nitrogen and oxygen atoms in total. The minimum atomic E-state index is -0.960. The summed E-state index contributed by atoms with van der Waals surface area (Å²) in [5, 5.41) is 12.4. The minimum Gasteiger partial charge on any atom is -0.497 e. The second-order valence-electron chi connectivity index (χ2n) is 7.43. The van der Waals surface area contributed by atoms with Crippen molar-refractivity contribution in [2.75, 3.05) is 46.9 Å². The maximum Gasteiger partial charge on any atom is 0.407 e. The molecule has 2 aromatic rings. The number of hydrogen-bond acceptors (Lipinski definition) is 6. The molecule has 0 atom stereocenters. The third kappa shape index (κ3) is 6.60. The smallest absolute Gasteiger partial charge is 0.407 e. The van der Waals surface area contributed by atoms with Crippen molar-refractivity contribution in [1.29, 1.82) is 0 Å². The van der Waals surface area contributed by atoms with Crippen molar-refractivity contribution in [2.45, 2.75) is 13.0 Å². The summed E-state index contributed by atoms with van der Waals surface area (Å²) in [7, 11) is 3.23. The lowest BCUT2D eigenvalue weighted by atomic mass is 10.2. The fourth-order valence-electron chi connectivity index (χ4n) is 3.50. The quantitative estimate of drug-likeness (QED) is 0.511. The van der Waals surface area contributed by atoms with Gasteiger partial charge in [0.15, 0.2) is 0 Å². The molecule has 3 rings (SSSR count). The zero-order valence-electron chi connectivity index (χ0n) is 18.8. The number of carbonyl (C=O) groups is 2. The third-order valence-electron chi connectivity index (χ3n) is 5.29. The molecule has 0 bridgehead atoms. The zero-order valence-corrected chi connectivity index (χ0v) is 18.8. The van der Waals surface area contributed by atoms with Crippen molar-refractivity contribution in [3.63, 3.8) is 0 Å². The van der Waals surface area contributed by atoms with Gasteiger partial charge in [-0.05, 0) is 24.6 Å². The number of rotatable bonds is 6. The molecule has 1 aliphatic heterocycles. The summed E-state index contributed by atoms with van der Waals surface area (Å²) in [6, 6.07) is 9.08. The molecule has 33 heavy (non-hydrogen) atoms. The van der Waals surface area contributed by atoms with Crippen LogP contribution in [0.2, 0.25) is 0 Å². The first-order valence-corrected chi connectivity index (χ1v) is 10.7. The zero-order chi connectivity index (χ0) is 23.6. The van der Waals surface area contributed by atoms with E-state index in [0.717, 1.165) is 17.1 Å². The normalized spacial score (nSPS) is 13.5. The van der Waals surface area contributed by atoms with E-state index >= 15 is 0 Å². The van der Waals surface area contributed by atoms with Gasteiger partial charge in [-0.1, -0.05) is 17.9 Å². The molecular weight excluding hydrogens is 424 g/mol. The molecule has 0 unspecified atom stereocenters. The molecule has 9 heteroatoms. The Kier molecular flexibility index (Phi) is 8.49. The number of carbonyl (C=O) groups excluding carboxylic acids is 1. The number of ether oxygens (including phenoxy) is 2. The molecule has 0 aliphatic carbocycles. The van der Waals surface area contributed by atoms with Gasteiger partial charge < -0.3 is 29.7 Å². The van der Waals surface area contributed by atoms with Crippen molar-refractivity contribution in [3.05, 3.63) is 53.3 Å². The molecule has 0 radical (unpaired) electrons. The van der Waals surface area contributed by atoms with E-state index in [9.17, 15) is 9.59 Å². The van der Waals surface area contributed by atoms with E-state index in [2.05, 4.69) is 22.1 Å². The lowest BCUT2D eigenvalue weighted by Crippen LogP contribution is -2.37. The van der Waals surface area contributed by atoms with Crippen LogP contribution in [0.3, 0.4) is 0 Å². The van der Waals surface area contributed by atoms with Crippen LogP contribution in [0.25, 0.3) is 0 Å². The Hall–Kier alpha value is -3.77. The van der Waals surface area contributed by atoms with Crippen LogP contribution in [-0.2, 0) is 6.54 Å². The van der Waals surface area contributed by atoms with Crippen molar-refractivity contribution in [1.82, 2.24) is 20.1 Å². The van der Waals surface area contributed by atoms with E-state index in [1.807, 2.05) is 18.2 Å². The minimum absolute atomic E-state index is 0.212. The van der Waals surface area contributed by atoms with Gasteiger partial charge in [-0.25, -0.2) is 4.79 Å². The molecule has 1 aromatic carbocycles. The molecule has 174 valence electrons. The molecule has 0 saturated carbocycles. The summed E-state index contributed by atoms with van der Waals surface area (Å²) < 4.78 is 10.6. The van der Waals surface area contributed by atoms with Crippen LogP contribution in [-0.4, -0.2) is 78.8 Å². The summed E-state index contributed by atoms with van der Waals surface area (Å²) in [4.78, 5) is 31.2. The molecular formula is C24H28N4O5. The Labute approximate surface area is 193 Å². The second-order valence-corrected chi connectivity index (χ2v) is 7.43. The summed E-state index contributed by atoms with van der Waals surface area (Å²) >= 11 is 0. The topological polar surface area (TPSA) is 104 Å². The van der Waals surface area contributed by atoms with E-state index < -0.39 is 6.09 Å². The Balaban J connectivity index is 1.55. The summed E-state index contributed by atoms with van der Waals surface area (Å²) in [5.41, 5.74) is 2.00. The van der Waals surface area contributed by atoms with Crippen LogP contribution in [0.5, 0.6) is 11.5 Å². The van der Waals surface area contributed by atoms with E-state index in [4.69, 9.17) is 14.6 Å². The number of hydrogen-bond donors (Lipinski definition) is 2. The fraction of sp³-hybridized carbons (Fsp3) is 0.375. The van der Waals surface area contributed by atoms with E-state index in [1.54, 1.807) is 37.4 Å². The van der Waals surface area contributed by atoms with Crippen LogP contribution in [0.4, 0.5) is 4.79 Å². The van der Waals surface area contributed by atoms with E-state index in [1.165, 1.54) is 4.90 Å². The number of benzene rings is 1. The number of methoxy groups -OCH3 is 2. The van der Waals surface area contributed by atoms with Crippen molar-refractivity contribution in [2.24, 2.45) is 0 Å². The van der Waals surface area contributed by atoms with Crippen molar-refractivity contribution >= 4 is 12.0 Å². The number of amides is 2. The van der Waals surface area contributed by atoms with Gasteiger partial charge in [0.1, 0.15) is 17.2 Å². The molecule has 2 N–H and O–H groups in total. The first kappa shape index (κ1) is 23.9. The average Bonchev–Trinajstić information content (AvgIpc) is 3.10. The standard InChI is InChI=1S/C24H28N4O5/c1-32-20-7-6-19(22(16-20)33-2)17-25-9-3-5-18-8-10-26-21(15-18)23(29)27-11-4-12-28(14-13-27)24(30)31/h6-8,10,15-16,25H,4,9,11-14,17H2,1-2H3,(H,30,31). The van der Waals surface area contributed by atoms with E-state index in [-0.39, 0.29) is 5.91 Å². The lowest BCUT2D eigenvalue weighted by molar-refractivity contribution is 0.0753. The van der Waals surface area contributed by atoms with Gasteiger partial charge >= 0.3 is 6.09 Å². The first-order valence-electron chi connectivity index (χ1n) is 10.7. The van der Waals surface area contributed by atoms with Gasteiger partial charge in [0.05, 0.1) is 20.8 Å². The van der Waals surface area contributed by atoms with Gasteiger partial charge in [-0.3, -0.25) is 9.78 Å². The maximum atomic E-state index is 12.8. The summed E-state index contributed by atoms with van der Waals surface area (Å²) in [6.45, 7) is 2.61. The van der Waals surface area contributed by atoms with Gasteiger partial charge in [0.25, 0.3) is 5.91 Å². The highest BCUT2D eigenvalue weighted by atomic mass is 16.5. The van der Waals surface area contributed by atoms with Crippen LogP contribution >= 0.6 is 0 Å². The Morgan fingerprint density at radius 2 is 1.88 bits per heavy atom. The van der Waals surface area contributed by atoms with Gasteiger partial charge in [-0.15, -0.1) is 0 Å². The van der Waals surface area contributed by atoms with Gasteiger partial charge in [0, 0.05) is 56.1 Å². The Morgan fingerprint density at radius 3 is 2.64 bits per heavy atom. The highest BCUT2D eigenvalue weighted by Crippen LogP contribution is 2.24. The van der Waals surface area contributed by atoms with Crippen LogP contribution in [0.1, 0.15) is 28.0 Å². The van der Waals surface area contributed by atoms with Crippen LogP contribution < -0.4 is 14.8 Å². The highest BCUT2D eigenvalue weighted by Gasteiger charge is 2.23. The molecule has 1 aromatic heterocycles. The van der Waals surface area contributed by atoms with Crippen LogP contribution in [0, 0.1) is 11.8 Å². The molecule has 1 fully saturated rings. The Morgan fingerprint density at radius 1 is 1.09 bits per heavy atom. The largest absolute Gasteiger partial charge is 0.497 e. The molecule has 2 heterocycles. The predicted molar refractivity (Wildman–Crippen MR) is 122 cm³/mol. The molecule has 2 amide bonds. The summed E-state index contributed by atoms with van der Waals surface area (Å²) in [5.74, 6) is 7.37. The number of nitrogens with zero attached hydrogens (tertiary/aromatic N) is 3.